The van der Waals surface area contributed by atoms with Crippen LogP contribution in [0.4, 0.5) is 14.6 Å². The van der Waals surface area contributed by atoms with E-state index in [1.165, 1.54) is 0 Å². The van der Waals surface area contributed by atoms with Crippen LogP contribution in [-0.2, 0) is 9.05 Å². The van der Waals surface area contributed by atoms with Gasteiger partial charge in [0.25, 0.3) is 15.5 Å². The van der Waals surface area contributed by atoms with Gasteiger partial charge in [-0.2, -0.15) is 0 Å². The van der Waals surface area contributed by atoms with Crippen molar-refractivity contribution in [1.82, 2.24) is 4.98 Å². The summed E-state index contributed by atoms with van der Waals surface area (Å²) in [5, 5.41) is -0.666. The fraction of sp³-hybridized carbons (Fsp3) is 0.167. The highest BCUT2D eigenvalue weighted by Gasteiger charge is 2.26. The van der Waals surface area contributed by atoms with Gasteiger partial charge in [0.1, 0.15) is 10.7 Å². The standard InChI is InChI=1S/C6H4Cl2F2N2O2S/c7-5-4(15(8,13)14)2(6(9)10)1-3(11)12-5/h1,6H,(H2,11,12). The summed E-state index contributed by atoms with van der Waals surface area (Å²) >= 11 is 5.38. The molecule has 0 aliphatic carbocycles. The monoisotopic (exact) mass is 276 g/mol. The summed E-state index contributed by atoms with van der Waals surface area (Å²) in [6, 6.07) is 0.714. The third-order valence-corrected chi connectivity index (χ3v) is 3.22. The molecule has 0 bridgehead atoms. The lowest BCUT2D eigenvalue weighted by molar-refractivity contribution is 0.148. The Balaban J connectivity index is 3.62. The van der Waals surface area contributed by atoms with Gasteiger partial charge in [-0.15, -0.1) is 0 Å². The van der Waals surface area contributed by atoms with Gasteiger partial charge in [0.05, 0.1) is 0 Å². The van der Waals surface area contributed by atoms with Crippen LogP contribution in [-0.4, -0.2) is 13.4 Å². The topological polar surface area (TPSA) is 73.1 Å². The summed E-state index contributed by atoms with van der Waals surface area (Å²) in [5.41, 5.74) is 4.28. The predicted octanol–water partition coefficient (Wildman–Crippen LogP) is 2.18. The van der Waals surface area contributed by atoms with Gasteiger partial charge in [0, 0.05) is 16.2 Å². The predicted molar refractivity (Wildman–Crippen MR) is 51.7 cm³/mol. The van der Waals surface area contributed by atoms with Crippen molar-refractivity contribution in [2.24, 2.45) is 0 Å². The van der Waals surface area contributed by atoms with E-state index in [4.69, 9.17) is 28.0 Å². The van der Waals surface area contributed by atoms with Crippen LogP contribution in [0, 0.1) is 0 Å². The van der Waals surface area contributed by atoms with Crippen molar-refractivity contribution in [2.75, 3.05) is 5.73 Å². The second-order valence-electron chi connectivity index (χ2n) is 2.49. The summed E-state index contributed by atoms with van der Waals surface area (Å²) in [5.74, 6) is -0.306. The van der Waals surface area contributed by atoms with Crippen LogP contribution in [0.5, 0.6) is 0 Å². The Morgan fingerprint density at radius 3 is 2.40 bits per heavy atom. The largest absolute Gasteiger partial charge is 0.384 e. The maximum Gasteiger partial charge on any atom is 0.265 e. The van der Waals surface area contributed by atoms with Crippen molar-refractivity contribution in [3.8, 4) is 0 Å². The Bertz CT molecular complexity index is 492. The number of aromatic nitrogens is 1. The van der Waals surface area contributed by atoms with E-state index in [2.05, 4.69) is 4.98 Å². The van der Waals surface area contributed by atoms with Gasteiger partial charge < -0.3 is 5.73 Å². The van der Waals surface area contributed by atoms with E-state index in [1.54, 1.807) is 0 Å². The van der Waals surface area contributed by atoms with Gasteiger partial charge in [-0.3, -0.25) is 0 Å². The quantitative estimate of drug-likeness (QED) is 0.664. The minimum atomic E-state index is -4.38. The number of nitrogen functional groups attached to an aromatic ring is 1. The molecule has 2 N–H and O–H groups in total. The van der Waals surface area contributed by atoms with E-state index in [0.29, 0.717) is 6.07 Å². The Hall–Kier alpha value is -0.660. The highest BCUT2D eigenvalue weighted by Crippen LogP contribution is 2.34. The van der Waals surface area contributed by atoms with E-state index in [9.17, 15) is 17.2 Å². The van der Waals surface area contributed by atoms with Gasteiger partial charge in [-0.05, 0) is 6.07 Å². The molecule has 0 aliphatic heterocycles. The molecule has 0 fully saturated rings. The van der Waals surface area contributed by atoms with Gasteiger partial charge >= 0.3 is 0 Å². The van der Waals surface area contributed by atoms with Gasteiger partial charge in [-0.25, -0.2) is 22.2 Å². The minimum Gasteiger partial charge on any atom is -0.384 e. The SMILES string of the molecule is Nc1cc(C(F)F)c(S(=O)(=O)Cl)c(Cl)n1. The first-order chi connectivity index (χ1) is 6.73. The van der Waals surface area contributed by atoms with Crippen LogP contribution in [0.3, 0.4) is 0 Å². The molecule has 4 nitrogen and oxygen atoms in total. The van der Waals surface area contributed by atoms with Crippen molar-refractivity contribution in [2.45, 2.75) is 11.3 Å². The smallest absolute Gasteiger partial charge is 0.265 e. The molecule has 15 heavy (non-hydrogen) atoms. The number of hydrogen-bond donors (Lipinski definition) is 1. The van der Waals surface area contributed by atoms with E-state index < -0.39 is 31.1 Å². The van der Waals surface area contributed by atoms with Crippen LogP contribution in [0.2, 0.25) is 5.15 Å². The van der Waals surface area contributed by atoms with Crippen LogP contribution in [0.15, 0.2) is 11.0 Å². The Morgan fingerprint density at radius 1 is 1.47 bits per heavy atom. The fourth-order valence-corrected chi connectivity index (χ4v) is 2.74. The summed E-state index contributed by atoms with van der Waals surface area (Å²) in [7, 11) is 0.555. The fourth-order valence-electron chi connectivity index (χ4n) is 0.944. The summed E-state index contributed by atoms with van der Waals surface area (Å²) < 4.78 is 46.8. The zero-order chi connectivity index (χ0) is 11.8. The van der Waals surface area contributed by atoms with Gasteiger partial charge in [0.2, 0.25) is 0 Å². The number of alkyl halides is 2. The molecule has 1 aromatic rings. The molecule has 9 heteroatoms. The van der Waals surface area contributed by atoms with Crippen molar-refractivity contribution < 1.29 is 17.2 Å². The third kappa shape index (κ3) is 2.67. The zero-order valence-electron chi connectivity index (χ0n) is 6.92. The molecule has 0 unspecified atom stereocenters. The van der Waals surface area contributed by atoms with E-state index in [1.807, 2.05) is 0 Å². The maximum atomic E-state index is 12.5. The number of rotatable bonds is 2. The lowest BCUT2D eigenvalue weighted by Gasteiger charge is -2.07. The Kier molecular flexibility index (Phi) is 3.37. The highest BCUT2D eigenvalue weighted by molar-refractivity contribution is 8.13. The molecule has 84 valence electrons. The number of anilines is 1. The molecule has 0 saturated carbocycles. The molecule has 0 aliphatic rings. The number of nitrogens with two attached hydrogens (primary N) is 1. The molecule has 0 aromatic carbocycles. The van der Waals surface area contributed by atoms with Crippen molar-refractivity contribution in [1.29, 1.82) is 0 Å². The molecule has 0 radical (unpaired) electrons. The molecular weight excluding hydrogens is 273 g/mol. The first-order valence-electron chi connectivity index (χ1n) is 3.42. The molecule has 0 atom stereocenters. The highest BCUT2D eigenvalue weighted by atomic mass is 35.7. The Morgan fingerprint density at radius 2 is 2.00 bits per heavy atom. The number of pyridine rings is 1. The van der Waals surface area contributed by atoms with Crippen molar-refractivity contribution in [3.63, 3.8) is 0 Å². The molecule has 0 saturated heterocycles. The van der Waals surface area contributed by atoms with E-state index in [-0.39, 0.29) is 5.82 Å². The summed E-state index contributed by atoms with van der Waals surface area (Å²) in [6.45, 7) is 0. The number of nitrogens with zero attached hydrogens (tertiary/aromatic N) is 1. The first kappa shape index (κ1) is 12.4. The third-order valence-electron chi connectivity index (χ3n) is 1.46. The number of halogens is 4. The van der Waals surface area contributed by atoms with Crippen LogP contribution >= 0.6 is 22.3 Å². The molecule has 1 heterocycles. The second-order valence-corrected chi connectivity index (χ2v) is 5.36. The Labute approximate surface area is 93.4 Å². The minimum absolute atomic E-state index is 0.306. The maximum absolute atomic E-state index is 12.5. The van der Waals surface area contributed by atoms with Crippen LogP contribution in [0.25, 0.3) is 0 Å². The molecule has 0 spiro atoms. The second kappa shape index (κ2) is 4.07. The summed E-state index contributed by atoms with van der Waals surface area (Å²) in [6.07, 6.45) is -3.06. The zero-order valence-corrected chi connectivity index (χ0v) is 9.24. The molecular formula is C6H4Cl2F2N2O2S. The molecule has 1 rings (SSSR count). The normalized spacial score (nSPS) is 12.1. The van der Waals surface area contributed by atoms with Gasteiger partial charge in [-0.1, -0.05) is 11.6 Å². The average Bonchev–Trinajstić information content (AvgIpc) is 1.99. The van der Waals surface area contributed by atoms with Crippen molar-refractivity contribution >= 4 is 37.2 Å². The first-order valence-corrected chi connectivity index (χ1v) is 6.11. The van der Waals surface area contributed by atoms with E-state index in [0.717, 1.165) is 0 Å². The average molecular weight is 277 g/mol. The lowest BCUT2D eigenvalue weighted by atomic mass is 10.3. The van der Waals surface area contributed by atoms with Gasteiger partial charge in [0.15, 0.2) is 5.15 Å². The van der Waals surface area contributed by atoms with Crippen LogP contribution < -0.4 is 5.73 Å². The lowest BCUT2D eigenvalue weighted by Crippen LogP contribution is -2.04. The van der Waals surface area contributed by atoms with Crippen LogP contribution in [0.1, 0.15) is 12.0 Å². The summed E-state index contributed by atoms with van der Waals surface area (Å²) in [4.78, 5) is 2.42. The number of hydrogen-bond acceptors (Lipinski definition) is 4. The van der Waals surface area contributed by atoms with E-state index >= 15 is 0 Å². The van der Waals surface area contributed by atoms with Crippen molar-refractivity contribution in [3.05, 3.63) is 16.8 Å². The molecule has 1 aromatic heterocycles. The molecule has 0 amide bonds.